The molecule has 0 unspecified atom stereocenters. The molecular weight excluding hydrogens is 270 g/mol. The number of amides is 1. The fourth-order valence-corrected chi connectivity index (χ4v) is 3.37. The monoisotopic (exact) mass is 297 g/mol. The second-order valence-corrected chi connectivity index (χ2v) is 6.35. The molecular formula is C16H27NO4. The minimum Gasteiger partial charge on any atom is -0.481 e. The van der Waals surface area contributed by atoms with Crippen LogP contribution in [0.1, 0.15) is 57.8 Å². The summed E-state index contributed by atoms with van der Waals surface area (Å²) in [6.45, 7) is 1.67. The molecule has 1 N–H and O–H groups in total. The average molecular weight is 297 g/mol. The molecule has 0 aromatic carbocycles. The van der Waals surface area contributed by atoms with Gasteiger partial charge in [-0.1, -0.05) is 19.3 Å². The predicted molar refractivity (Wildman–Crippen MR) is 79.0 cm³/mol. The SMILES string of the molecule is O=C(O)CC[C@H]1CCCN(C(=O)COC2CCCCC2)C1. The van der Waals surface area contributed by atoms with Gasteiger partial charge >= 0.3 is 5.97 Å². The van der Waals surface area contributed by atoms with Crippen LogP contribution >= 0.6 is 0 Å². The van der Waals surface area contributed by atoms with E-state index in [4.69, 9.17) is 9.84 Å². The van der Waals surface area contributed by atoms with Gasteiger partial charge in [0, 0.05) is 19.5 Å². The standard InChI is InChI=1S/C16H27NO4/c18-15(12-21-14-6-2-1-3-7-14)17-10-4-5-13(11-17)8-9-16(19)20/h13-14H,1-12H2,(H,19,20)/t13-/m1/s1. The number of carboxylic acid groups (broad SMARTS) is 1. The van der Waals surface area contributed by atoms with Crippen LogP contribution in [0.5, 0.6) is 0 Å². The molecule has 5 nitrogen and oxygen atoms in total. The first-order valence-corrected chi connectivity index (χ1v) is 8.26. The summed E-state index contributed by atoms with van der Waals surface area (Å²) in [5.74, 6) is -0.354. The third-order valence-electron chi connectivity index (χ3n) is 4.63. The highest BCUT2D eigenvalue weighted by Crippen LogP contribution is 2.22. The number of likely N-dealkylation sites (tertiary alicyclic amines) is 1. The van der Waals surface area contributed by atoms with Crippen LogP contribution in [0.25, 0.3) is 0 Å². The van der Waals surface area contributed by atoms with Crippen molar-refractivity contribution in [3.05, 3.63) is 0 Å². The zero-order chi connectivity index (χ0) is 15.1. The van der Waals surface area contributed by atoms with Crippen molar-refractivity contribution in [2.45, 2.75) is 63.9 Å². The van der Waals surface area contributed by atoms with E-state index in [1.165, 1.54) is 19.3 Å². The number of hydrogen-bond donors (Lipinski definition) is 1. The molecule has 0 bridgehead atoms. The van der Waals surface area contributed by atoms with Gasteiger partial charge in [0.05, 0.1) is 6.10 Å². The highest BCUT2D eigenvalue weighted by Gasteiger charge is 2.25. The maximum absolute atomic E-state index is 12.2. The highest BCUT2D eigenvalue weighted by atomic mass is 16.5. The van der Waals surface area contributed by atoms with Crippen molar-refractivity contribution in [1.82, 2.24) is 4.90 Å². The van der Waals surface area contributed by atoms with E-state index in [-0.39, 0.29) is 25.0 Å². The molecule has 1 heterocycles. The zero-order valence-corrected chi connectivity index (χ0v) is 12.8. The van der Waals surface area contributed by atoms with E-state index in [0.717, 1.165) is 32.2 Å². The van der Waals surface area contributed by atoms with Gasteiger partial charge in [-0.25, -0.2) is 0 Å². The Bertz CT molecular complexity index is 352. The number of nitrogens with zero attached hydrogens (tertiary/aromatic N) is 1. The molecule has 21 heavy (non-hydrogen) atoms. The minimum absolute atomic E-state index is 0.0700. The van der Waals surface area contributed by atoms with Gasteiger partial charge in [-0.15, -0.1) is 0 Å². The van der Waals surface area contributed by atoms with E-state index < -0.39 is 5.97 Å². The number of rotatable bonds is 6. The van der Waals surface area contributed by atoms with Crippen LogP contribution in [0, 0.1) is 5.92 Å². The van der Waals surface area contributed by atoms with E-state index >= 15 is 0 Å². The summed E-state index contributed by atoms with van der Waals surface area (Å²) in [5, 5.41) is 8.75. The van der Waals surface area contributed by atoms with E-state index in [1.807, 2.05) is 4.90 Å². The second-order valence-electron chi connectivity index (χ2n) is 6.35. The molecule has 2 fully saturated rings. The van der Waals surface area contributed by atoms with Crippen molar-refractivity contribution < 1.29 is 19.4 Å². The summed E-state index contributed by atoms with van der Waals surface area (Å²) in [5.41, 5.74) is 0. The molecule has 120 valence electrons. The van der Waals surface area contributed by atoms with Gasteiger partial charge in [0.25, 0.3) is 0 Å². The molecule has 1 amide bonds. The summed E-state index contributed by atoms with van der Waals surface area (Å²) < 4.78 is 5.75. The number of aliphatic carboxylic acids is 1. The Hall–Kier alpha value is -1.10. The van der Waals surface area contributed by atoms with Crippen LogP contribution in [0.3, 0.4) is 0 Å². The molecule has 1 atom stereocenters. The molecule has 1 aliphatic heterocycles. The van der Waals surface area contributed by atoms with Crippen LogP contribution in [-0.4, -0.2) is 47.7 Å². The third-order valence-corrected chi connectivity index (χ3v) is 4.63. The molecule has 0 aromatic heterocycles. The Labute approximate surface area is 126 Å². The van der Waals surface area contributed by atoms with Crippen molar-refractivity contribution in [2.24, 2.45) is 5.92 Å². The minimum atomic E-state index is -0.751. The van der Waals surface area contributed by atoms with Crippen molar-refractivity contribution >= 4 is 11.9 Å². The molecule has 0 aromatic rings. The topological polar surface area (TPSA) is 66.8 Å². The average Bonchev–Trinajstić information content (AvgIpc) is 2.52. The number of carbonyl (C=O) groups excluding carboxylic acids is 1. The fraction of sp³-hybridized carbons (Fsp3) is 0.875. The van der Waals surface area contributed by atoms with Gasteiger partial charge in [-0.2, -0.15) is 0 Å². The molecule has 1 saturated heterocycles. The van der Waals surface area contributed by atoms with Gasteiger partial charge in [0.15, 0.2) is 0 Å². The zero-order valence-electron chi connectivity index (χ0n) is 12.8. The number of carboxylic acids is 1. The summed E-state index contributed by atoms with van der Waals surface area (Å²) in [6.07, 6.45) is 8.98. The molecule has 1 saturated carbocycles. The molecule has 0 radical (unpaired) electrons. The number of carbonyl (C=O) groups is 2. The van der Waals surface area contributed by atoms with Gasteiger partial charge in [0.1, 0.15) is 6.61 Å². The van der Waals surface area contributed by atoms with Crippen molar-refractivity contribution in [3.63, 3.8) is 0 Å². The van der Waals surface area contributed by atoms with Crippen molar-refractivity contribution in [3.8, 4) is 0 Å². The first-order chi connectivity index (χ1) is 10.1. The molecule has 1 aliphatic carbocycles. The summed E-state index contributed by atoms with van der Waals surface area (Å²) in [4.78, 5) is 24.7. The van der Waals surface area contributed by atoms with Gasteiger partial charge in [-0.05, 0) is 38.0 Å². The van der Waals surface area contributed by atoms with Crippen LogP contribution in [-0.2, 0) is 14.3 Å². The quantitative estimate of drug-likeness (QED) is 0.817. The van der Waals surface area contributed by atoms with E-state index in [0.29, 0.717) is 18.9 Å². The van der Waals surface area contributed by atoms with Gasteiger partial charge in [-0.3, -0.25) is 9.59 Å². The molecule has 2 aliphatic rings. The Morgan fingerprint density at radius 1 is 1.10 bits per heavy atom. The second kappa shape index (κ2) is 8.37. The number of piperidine rings is 1. The van der Waals surface area contributed by atoms with Gasteiger partial charge in [0.2, 0.25) is 5.91 Å². The lowest BCUT2D eigenvalue weighted by Crippen LogP contribution is -2.42. The summed E-state index contributed by atoms with van der Waals surface area (Å²) in [6, 6.07) is 0. The maximum atomic E-state index is 12.2. The lowest BCUT2D eigenvalue weighted by molar-refractivity contribution is -0.140. The predicted octanol–water partition coefficient (Wildman–Crippen LogP) is 2.44. The molecule has 2 rings (SSSR count). The Morgan fingerprint density at radius 3 is 2.57 bits per heavy atom. The van der Waals surface area contributed by atoms with Crippen molar-refractivity contribution in [2.75, 3.05) is 19.7 Å². The van der Waals surface area contributed by atoms with Crippen LogP contribution < -0.4 is 0 Å². The van der Waals surface area contributed by atoms with E-state index in [9.17, 15) is 9.59 Å². The smallest absolute Gasteiger partial charge is 0.303 e. The Morgan fingerprint density at radius 2 is 1.86 bits per heavy atom. The molecule has 5 heteroatoms. The lowest BCUT2D eigenvalue weighted by atomic mass is 9.93. The summed E-state index contributed by atoms with van der Waals surface area (Å²) >= 11 is 0. The Balaban J connectivity index is 1.69. The normalized spacial score (nSPS) is 24.0. The van der Waals surface area contributed by atoms with Crippen LogP contribution in [0.4, 0.5) is 0 Å². The fourth-order valence-electron chi connectivity index (χ4n) is 3.37. The van der Waals surface area contributed by atoms with E-state index in [1.54, 1.807) is 0 Å². The Kier molecular flexibility index (Phi) is 6.49. The number of ether oxygens (including phenoxy) is 1. The lowest BCUT2D eigenvalue weighted by Gasteiger charge is -2.33. The number of hydrogen-bond acceptors (Lipinski definition) is 3. The maximum Gasteiger partial charge on any atom is 0.303 e. The molecule has 0 spiro atoms. The van der Waals surface area contributed by atoms with Crippen LogP contribution in [0.15, 0.2) is 0 Å². The first kappa shape index (κ1) is 16.3. The van der Waals surface area contributed by atoms with Crippen molar-refractivity contribution in [1.29, 1.82) is 0 Å². The first-order valence-electron chi connectivity index (χ1n) is 8.26. The highest BCUT2D eigenvalue weighted by molar-refractivity contribution is 5.77. The van der Waals surface area contributed by atoms with Crippen LogP contribution in [0.2, 0.25) is 0 Å². The third kappa shape index (κ3) is 5.65. The largest absolute Gasteiger partial charge is 0.481 e. The van der Waals surface area contributed by atoms with E-state index in [2.05, 4.69) is 0 Å². The van der Waals surface area contributed by atoms with Gasteiger partial charge < -0.3 is 14.7 Å². The summed E-state index contributed by atoms with van der Waals surface area (Å²) in [7, 11) is 0.